The number of hydrogen-bond acceptors (Lipinski definition) is 3. The van der Waals surface area contributed by atoms with Crippen molar-refractivity contribution >= 4 is 15.9 Å². The Kier molecular flexibility index (Phi) is 5.15. The summed E-state index contributed by atoms with van der Waals surface area (Å²) in [5, 5.41) is 0. The molecule has 1 aliphatic rings. The first-order valence-corrected chi connectivity index (χ1v) is 8.23. The number of rotatable bonds is 4. The zero-order chi connectivity index (χ0) is 17.3. The average molecular weight is 405 g/mol. The summed E-state index contributed by atoms with van der Waals surface area (Å²) in [5.41, 5.74) is 1.36. The molecule has 0 N–H and O–H groups in total. The van der Waals surface area contributed by atoms with Gasteiger partial charge in [-0.2, -0.15) is 0 Å². The Labute approximate surface area is 145 Å². The third kappa shape index (κ3) is 3.17. The highest BCUT2D eigenvalue weighted by Gasteiger charge is 2.24. The van der Waals surface area contributed by atoms with Gasteiger partial charge in [-0.05, 0) is 28.1 Å². The average Bonchev–Trinajstić information content (AvgIpc) is 2.76. The van der Waals surface area contributed by atoms with Crippen molar-refractivity contribution in [3.63, 3.8) is 0 Å². The van der Waals surface area contributed by atoms with E-state index in [1.165, 1.54) is 19.2 Å². The van der Waals surface area contributed by atoms with Crippen molar-refractivity contribution < 1.29 is 22.6 Å². The van der Waals surface area contributed by atoms with Crippen molar-refractivity contribution in [2.45, 2.75) is 25.5 Å². The standard InChI is InChI=1S/C16H16BrF3N2O2/c1-23-13-6-9(2-3-11(13)15(19)20)16-21-14(17)12-4-5-24-10(7-18)8-22(12)16/h2-3,6,10,15H,4-5,7-8H2,1H3/t10-/m1/s1. The fourth-order valence-corrected chi connectivity index (χ4v) is 3.39. The molecule has 3 rings (SSSR count). The first kappa shape index (κ1) is 17.3. The molecule has 1 atom stereocenters. The second-order valence-electron chi connectivity index (χ2n) is 5.44. The Balaban J connectivity index is 2.07. The first-order chi connectivity index (χ1) is 11.5. The van der Waals surface area contributed by atoms with Crippen LogP contribution in [-0.4, -0.2) is 36.0 Å². The van der Waals surface area contributed by atoms with E-state index in [2.05, 4.69) is 20.9 Å². The van der Waals surface area contributed by atoms with Crippen molar-refractivity contribution in [1.29, 1.82) is 0 Å². The van der Waals surface area contributed by atoms with Crippen molar-refractivity contribution in [2.75, 3.05) is 20.4 Å². The van der Waals surface area contributed by atoms with Crippen LogP contribution in [0.3, 0.4) is 0 Å². The summed E-state index contributed by atoms with van der Waals surface area (Å²) < 4.78 is 52.2. The molecule has 24 heavy (non-hydrogen) atoms. The summed E-state index contributed by atoms with van der Waals surface area (Å²) in [6, 6.07) is 4.43. The van der Waals surface area contributed by atoms with E-state index < -0.39 is 19.2 Å². The predicted molar refractivity (Wildman–Crippen MR) is 86.3 cm³/mol. The minimum absolute atomic E-state index is 0.0999. The minimum atomic E-state index is -2.62. The van der Waals surface area contributed by atoms with Gasteiger partial charge in [0.2, 0.25) is 0 Å². The van der Waals surface area contributed by atoms with Gasteiger partial charge in [-0.25, -0.2) is 18.2 Å². The van der Waals surface area contributed by atoms with Gasteiger partial charge in [0.1, 0.15) is 29.0 Å². The van der Waals surface area contributed by atoms with Gasteiger partial charge in [0.15, 0.2) is 0 Å². The number of aromatic nitrogens is 2. The lowest BCUT2D eigenvalue weighted by Gasteiger charge is -2.15. The van der Waals surface area contributed by atoms with Crippen LogP contribution in [0.15, 0.2) is 22.8 Å². The highest BCUT2D eigenvalue weighted by molar-refractivity contribution is 9.10. The van der Waals surface area contributed by atoms with Crippen molar-refractivity contribution in [3.05, 3.63) is 34.1 Å². The molecule has 0 unspecified atom stereocenters. The van der Waals surface area contributed by atoms with Crippen LogP contribution in [0.1, 0.15) is 17.7 Å². The lowest BCUT2D eigenvalue weighted by atomic mass is 10.1. The molecule has 0 amide bonds. The molecule has 0 radical (unpaired) electrons. The number of hydrogen-bond donors (Lipinski definition) is 0. The van der Waals surface area contributed by atoms with Gasteiger partial charge in [-0.15, -0.1) is 0 Å². The van der Waals surface area contributed by atoms with Crippen molar-refractivity contribution in [1.82, 2.24) is 9.55 Å². The molecule has 130 valence electrons. The molecule has 4 nitrogen and oxygen atoms in total. The molecule has 1 aliphatic heterocycles. The molecule has 0 saturated heterocycles. The smallest absolute Gasteiger partial charge is 0.267 e. The number of ether oxygens (including phenoxy) is 2. The fourth-order valence-electron chi connectivity index (χ4n) is 2.81. The Bertz CT molecular complexity index is 736. The second kappa shape index (κ2) is 7.14. The zero-order valence-corrected chi connectivity index (χ0v) is 14.5. The summed E-state index contributed by atoms with van der Waals surface area (Å²) in [6.45, 7) is 0.132. The molecule has 0 bridgehead atoms. The molecule has 8 heteroatoms. The van der Waals surface area contributed by atoms with E-state index in [4.69, 9.17) is 9.47 Å². The fraction of sp³-hybridized carbons (Fsp3) is 0.438. The molecule has 0 aliphatic carbocycles. The first-order valence-electron chi connectivity index (χ1n) is 7.44. The zero-order valence-electron chi connectivity index (χ0n) is 12.9. The highest BCUT2D eigenvalue weighted by atomic mass is 79.9. The monoisotopic (exact) mass is 404 g/mol. The number of benzene rings is 1. The summed E-state index contributed by atoms with van der Waals surface area (Å²) in [5.74, 6) is 0.669. The topological polar surface area (TPSA) is 36.3 Å². The lowest BCUT2D eigenvalue weighted by Crippen LogP contribution is -2.21. The number of nitrogens with zero attached hydrogens (tertiary/aromatic N) is 2. The van der Waals surface area contributed by atoms with Crippen molar-refractivity contribution in [2.24, 2.45) is 0 Å². The van der Waals surface area contributed by atoms with Crippen LogP contribution in [0.5, 0.6) is 5.75 Å². The molecular weight excluding hydrogens is 389 g/mol. The molecule has 2 heterocycles. The van der Waals surface area contributed by atoms with E-state index in [9.17, 15) is 13.2 Å². The molecule has 0 fully saturated rings. The van der Waals surface area contributed by atoms with E-state index in [0.717, 1.165) is 5.69 Å². The lowest BCUT2D eigenvalue weighted by molar-refractivity contribution is 0.0355. The Morgan fingerprint density at radius 1 is 1.46 bits per heavy atom. The number of halogens is 4. The predicted octanol–water partition coefficient (Wildman–Crippen LogP) is 4.17. The second-order valence-corrected chi connectivity index (χ2v) is 6.19. The van der Waals surface area contributed by atoms with E-state index in [-0.39, 0.29) is 11.3 Å². The third-order valence-corrected chi connectivity index (χ3v) is 4.64. The molecule has 2 aromatic rings. The quantitative estimate of drug-likeness (QED) is 0.766. The van der Waals surface area contributed by atoms with Gasteiger partial charge in [-0.3, -0.25) is 0 Å². The normalized spacial score (nSPS) is 17.7. The Hall–Kier alpha value is -1.54. The van der Waals surface area contributed by atoms with Crippen LogP contribution in [0, 0.1) is 0 Å². The maximum atomic E-state index is 13.1. The van der Waals surface area contributed by atoms with Crippen LogP contribution in [0.4, 0.5) is 13.2 Å². The number of fused-ring (bicyclic) bond motifs is 1. The van der Waals surface area contributed by atoms with Gasteiger partial charge >= 0.3 is 0 Å². The highest BCUT2D eigenvalue weighted by Crippen LogP contribution is 2.35. The molecule has 0 spiro atoms. The largest absolute Gasteiger partial charge is 0.496 e. The van der Waals surface area contributed by atoms with Gasteiger partial charge in [0.05, 0.1) is 31.5 Å². The van der Waals surface area contributed by atoms with E-state index in [0.29, 0.717) is 35.6 Å². The van der Waals surface area contributed by atoms with E-state index in [1.54, 1.807) is 6.07 Å². The summed E-state index contributed by atoms with van der Waals surface area (Å²) in [6.07, 6.45) is -2.58. The molecule has 1 aromatic heterocycles. The van der Waals surface area contributed by atoms with Crippen LogP contribution < -0.4 is 4.74 Å². The maximum absolute atomic E-state index is 13.1. The number of alkyl halides is 3. The summed E-state index contributed by atoms with van der Waals surface area (Å²) in [4.78, 5) is 4.48. The van der Waals surface area contributed by atoms with Crippen LogP contribution in [0.25, 0.3) is 11.4 Å². The molecule has 0 saturated carbocycles. The summed E-state index contributed by atoms with van der Waals surface area (Å²) in [7, 11) is 1.35. The van der Waals surface area contributed by atoms with E-state index >= 15 is 0 Å². The van der Waals surface area contributed by atoms with Crippen LogP contribution in [-0.2, 0) is 17.7 Å². The Morgan fingerprint density at radius 3 is 2.92 bits per heavy atom. The van der Waals surface area contributed by atoms with Gasteiger partial charge < -0.3 is 14.0 Å². The Morgan fingerprint density at radius 2 is 2.25 bits per heavy atom. The minimum Gasteiger partial charge on any atom is -0.496 e. The van der Waals surface area contributed by atoms with Crippen LogP contribution in [0.2, 0.25) is 0 Å². The molecular formula is C16H16BrF3N2O2. The number of methoxy groups -OCH3 is 1. The molecule has 1 aromatic carbocycles. The van der Waals surface area contributed by atoms with E-state index in [1.807, 2.05) is 4.57 Å². The van der Waals surface area contributed by atoms with Gasteiger partial charge in [-0.1, -0.05) is 6.07 Å². The van der Waals surface area contributed by atoms with Gasteiger partial charge in [0.25, 0.3) is 6.43 Å². The van der Waals surface area contributed by atoms with Crippen molar-refractivity contribution in [3.8, 4) is 17.1 Å². The third-order valence-electron chi connectivity index (χ3n) is 4.00. The van der Waals surface area contributed by atoms with Gasteiger partial charge in [0, 0.05) is 12.0 Å². The number of imidazole rings is 1. The summed E-state index contributed by atoms with van der Waals surface area (Å²) >= 11 is 3.42. The van der Waals surface area contributed by atoms with Crippen LogP contribution >= 0.6 is 15.9 Å². The SMILES string of the molecule is COc1cc(-c2nc(Br)c3n2C[C@@H](CF)OCC3)ccc1C(F)F. The maximum Gasteiger partial charge on any atom is 0.267 e.